The van der Waals surface area contributed by atoms with E-state index >= 15 is 0 Å². The minimum atomic E-state index is 1.16. The fourth-order valence-corrected chi connectivity index (χ4v) is 2.70. The van der Waals surface area contributed by atoms with Crippen LogP contribution in [-0.4, -0.2) is 4.98 Å². The molecule has 0 saturated carbocycles. The first-order valence-corrected chi connectivity index (χ1v) is 6.38. The number of nitrogens with zero attached hydrogens (tertiary/aromatic N) is 1. The van der Waals surface area contributed by atoms with Crippen molar-refractivity contribution >= 4 is 11.3 Å². The molecule has 0 spiro atoms. The number of rotatable bonds is 1. The van der Waals surface area contributed by atoms with Crippen molar-refractivity contribution in [1.82, 2.24) is 4.98 Å². The molecule has 1 aromatic heterocycles. The van der Waals surface area contributed by atoms with Gasteiger partial charge in [-0.25, -0.2) is 4.98 Å². The highest BCUT2D eigenvalue weighted by atomic mass is 32.1. The molecule has 0 bridgehead atoms. The van der Waals surface area contributed by atoms with E-state index in [0.717, 1.165) is 5.69 Å². The Bertz CT molecular complexity index is 512. The van der Waals surface area contributed by atoms with Gasteiger partial charge in [0.05, 0.1) is 11.2 Å². The Morgan fingerprint density at radius 1 is 0.938 bits per heavy atom. The average Bonchev–Trinajstić information content (AvgIpc) is 2.63. The summed E-state index contributed by atoms with van der Waals surface area (Å²) >= 11 is 1.72. The molecule has 0 unspecified atom stereocenters. The minimum Gasteiger partial charge on any atom is -0.244 e. The fraction of sp³-hybridized carbons (Fsp3) is 0.357. The molecule has 0 amide bonds. The van der Waals surface area contributed by atoms with Crippen LogP contribution in [0, 0.1) is 34.6 Å². The van der Waals surface area contributed by atoms with Gasteiger partial charge in [0.15, 0.2) is 0 Å². The predicted octanol–water partition coefficient (Wildman–Crippen LogP) is 4.35. The summed E-state index contributed by atoms with van der Waals surface area (Å²) in [6.07, 6.45) is 0. The van der Waals surface area contributed by atoms with Gasteiger partial charge in [0.25, 0.3) is 0 Å². The van der Waals surface area contributed by atoms with Gasteiger partial charge in [0, 0.05) is 10.4 Å². The SMILES string of the molecule is Cc1cc(C)c(C)c(-c2ncsc2C)c1C. The maximum absolute atomic E-state index is 4.51. The van der Waals surface area contributed by atoms with Gasteiger partial charge in [-0.2, -0.15) is 0 Å². The topological polar surface area (TPSA) is 12.9 Å². The number of aryl methyl sites for hydroxylation is 3. The summed E-state index contributed by atoms with van der Waals surface area (Å²) in [6, 6.07) is 2.26. The lowest BCUT2D eigenvalue weighted by Crippen LogP contribution is -1.96. The molecule has 16 heavy (non-hydrogen) atoms. The van der Waals surface area contributed by atoms with Gasteiger partial charge >= 0.3 is 0 Å². The Kier molecular flexibility index (Phi) is 2.85. The molecule has 0 fully saturated rings. The number of hydrogen-bond acceptors (Lipinski definition) is 2. The minimum absolute atomic E-state index is 1.16. The zero-order valence-electron chi connectivity index (χ0n) is 10.5. The lowest BCUT2D eigenvalue weighted by molar-refractivity contribution is 1.22. The molecule has 0 radical (unpaired) electrons. The van der Waals surface area contributed by atoms with Gasteiger partial charge in [0.1, 0.15) is 0 Å². The van der Waals surface area contributed by atoms with E-state index in [9.17, 15) is 0 Å². The highest BCUT2D eigenvalue weighted by Gasteiger charge is 2.14. The molecule has 84 valence electrons. The third kappa shape index (κ3) is 1.67. The van der Waals surface area contributed by atoms with E-state index in [-0.39, 0.29) is 0 Å². The Morgan fingerprint density at radius 3 is 1.94 bits per heavy atom. The van der Waals surface area contributed by atoms with Crippen LogP contribution in [0.2, 0.25) is 0 Å². The summed E-state index contributed by atoms with van der Waals surface area (Å²) in [5, 5.41) is 0. The molecule has 0 aliphatic carbocycles. The van der Waals surface area contributed by atoms with Crippen molar-refractivity contribution in [3.63, 3.8) is 0 Å². The van der Waals surface area contributed by atoms with Crippen LogP contribution in [0.4, 0.5) is 0 Å². The third-order valence-electron chi connectivity index (χ3n) is 3.35. The van der Waals surface area contributed by atoms with Crippen LogP contribution in [0.25, 0.3) is 11.3 Å². The van der Waals surface area contributed by atoms with Crippen molar-refractivity contribution in [2.75, 3.05) is 0 Å². The van der Waals surface area contributed by atoms with Crippen LogP contribution in [0.15, 0.2) is 11.6 Å². The molecular formula is C14H17NS. The zero-order chi connectivity index (χ0) is 11.9. The first kappa shape index (κ1) is 11.3. The molecule has 0 aliphatic rings. The smallest absolute Gasteiger partial charge is 0.0845 e. The summed E-state index contributed by atoms with van der Waals surface area (Å²) in [6.45, 7) is 10.9. The van der Waals surface area contributed by atoms with Gasteiger partial charge in [0.2, 0.25) is 0 Å². The first-order chi connectivity index (χ1) is 7.52. The van der Waals surface area contributed by atoms with E-state index in [4.69, 9.17) is 0 Å². The van der Waals surface area contributed by atoms with Crippen molar-refractivity contribution in [3.05, 3.63) is 38.7 Å². The molecule has 0 N–H and O–H groups in total. The van der Waals surface area contributed by atoms with Gasteiger partial charge in [-0.3, -0.25) is 0 Å². The molecule has 0 saturated heterocycles. The lowest BCUT2D eigenvalue weighted by atomic mass is 9.92. The number of benzene rings is 1. The van der Waals surface area contributed by atoms with E-state index in [1.807, 2.05) is 5.51 Å². The van der Waals surface area contributed by atoms with Crippen molar-refractivity contribution in [1.29, 1.82) is 0 Å². The normalized spacial score (nSPS) is 10.8. The predicted molar refractivity (Wildman–Crippen MR) is 71.2 cm³/mol. The highest BCUT2D eigenvalue weighted by molar-refractivity contribution is 7.10. The monoisotopic (exact) mass is 231 g/mol. The molecule has 0 aliphatic heterocycles. The Labute approximate surface area is 101 Å². The second-order valence-electron chi connectivity index (χ2n) is 4.39. The quantitative estimate of drug-likeness (QED) is 0.711. The van der Waals surface area contributed by atoms with Crippen LogP contribution in [0.5, 0.6) is 0 Å². The number of thiazole rings is 1. The van der Waals surface area contributed by atoms with Crippen LogP contribution in [0.1, 0.15) is 27.1 Å². The molecule has 1 aromatic carbocycles. The summed E-state index contributed by atoms with van der Waals surface area (Å²) in [4.78, 5) is 5.81. The summed E-state index contributed by atoms with van der Waals surface area (Å²) in [5.74, 6) is 0. The maximum atomic E-state index is 4.51. The van der Waals surface area contributed by atoms with Gasteiger partial charge in [-0.05, 0) is 56.9 Å². The van der Waals surface area contributed by atoms with E-state index in [0.29, 0.717) is 0 Å². The van der Waals surface area contributed by atoms with Crippen molar-refractivity contribution in [2.45, 2.75) is 34.6 Å². The van der Waals surface area contributed by atoms with Gasteiger partial charge in [-0.15, -0.1) is 11.3 Å². The van der Waals surface area contributed by atoms with E-state index in [2.05, 4.69) is 45.7 Å². The average molecular weight is 231 g/mol. The Balaban J connectivity index is 2.79. The van der Waals surface area contributed by atoms with Crippen LogP contribution in [0.3, 0.4) is 0 Å². The van der Waals surface area contributed by atoms with E-state index in [1.165, 1.54) is 32.7 Å². The summed E-state index contributed by atoms with van der Waals surface area (Å²) in [7, 11) is 0. The second-order valence-corrected chi connectivity index (χ2v) is 5.45. The molecule has 0 atom stereocenters. The van der Waals surface area contributed by atoms with Crippen LogP contribution >= 0.6 is 11.3 Å². The van der Waals surface area contributed by atoms with Crippen molar-refractivity contribution in [2.24, 2.45) is 0 Å². The third-order valence-corrected chi connectivity index (χ3v) is 4.11. The van der Waals surface area contributed by atoms with Crippen molar-refractivity contribution in [3.8, 4) is 11.3 Å². The molecule has 2 heteroatoms. The van der Waals surface area contributed by atoms with Crippen LogP contribution < -0.4 is 0 Å². The highest BCUT2D eigenvalue weighted by Crippen LogP contribution is 2.33. The molecule has 1 heterocycles. The fourth-order valence-electron chi connectivity index (χ4n) is 2.12. The Morgan fingerprint density at radius 2 is 1.50 bits per heavy atom. The second kappa shape index (κ2) is 4.02. The molecule has 2 rings (SSSR count). The van der Waals surface area contributed by atoms with E-state index in [1.54, 1.807) is 11.3 Å². The molecule has 1 nitrogen and oxygen atoms in total. The van der Waals surface area contributed by atoms with Crippen molar-refractivity contribution < 1.29 is 0 Å². The first-order valence-electron chi connectivity index (χ1n) is 5.50. The van der Waals surface area contributed by atoms with Gasteiger partial charge in [-0.1, -0.05) is 6.07 Å². The largest absolute Gasteiger partial charge is 0.244 e. The molecule has 2 aromatic rings. The summed E-state index contributed by atoms with van der Waals surface area (Å²) in [5.41, 5.74) is 9.84. The Hall–Kier alpha value is -1.15. The summed E-state index contributed by atoms with van der Waals surface area (Å²) < 4.78 is 0. The van der Waals surface area contributed by atoms with Crippen LogP contribution in [-0.2, 0) is 0 Å². The van der Waals surface area contributed by atoms with Gasteiger partial charge < -0.3 is 0 Å². The molecular weight excluding hydrogens is 214 g/mol. The number of hydrogen-bond donors (Lipinski definition) is 0. The lowest BCUT2D eigenvalue weighted by Gasteiger charge is -2.14. The van der Waals surface area contributed by atoms with E-state index < -0.39 is 0 Å². The number of aromatic nitrogens is 1. The standard InChI is InChI=1S/C14H17NS/c1-8-6-9(2)11(4)13(10(8)3)14-12(5)16-7-15-14/h6-7H,1-5H3. The maximum Gasteiger partial charge on any atom is 0.0845 e. The zero-order valence-corrected chi connectivity index (χ0v) is 11.3.